The summed E-state index contributed by atoms with van der Waals surface area (Å²) in [6, 6.07) is 1.98. The van der Waals surface area contributed by atoms with Gasteiger partial charge in [-0.25, -0.2) is 9.67 Å². The molecular weight excluding hydrogens is 313 g/mol. The minimum absolute atomic E-state index is 0.0782. The molecule has 0 saturated carbocycles. The summed E-state index contributed by atoms with van der Waals surface area (Å²) in [6.07, 6.45) is -3.23. The number of hydrogen-bond acceptors (Lipinski definition) is 3. The SMILES string of the molecule is Cc1nn(-c2nc(C(F)(F)F)ccc2C(N)=S)cc1Cl. The summed E-state index contributed by atoms with van der Waals surface area (Å²) in [7, 11) is 0. The lowest BCUT2D eigenvalue weighted by Gasteiger charge is -2.11. The molecule has 0 saturated heterocycles. The van der Waals surface area contributed by atoms with Crippen molar-refractivity contribution >= 4 is 28.8 Å². The normalized spacial score (nSPS) is 11.7. The fourth-order valence-electron chi connectivity index (χ4n) is 1.52. The lowest BCUT2D eigenvalue weighted by atomic mass is 10.2. The molecule has 0 unspecified atom stereocenters. The van der Waals surface area contributed by atoms with Crippen LogP contribution in [0.15, 0.2) is 18.3 Å². The van der Waals surface area contributed by atoms with Crippen LogP contribution in [0.5, 0.6) is 0 Å². The molecule has 0 fully saturated rings. The van der Waals surface area contributed by atoms with E-state index in [9.17, 15) is 13.2 Å². The summed E-state index contributed by atoms with van der Waals surface area (Å²) in [5.41, 5.74) is 5.08. The highest BCUT2D eigenvalue weighted by Crippen LogP contribution is 2.29. The van der Waals surface area contributed by atoms with E-state index in [1.165, 1.54) is 12.3 Å². The number of pyridine rings is 1. The number of aryl methyl sites for hydroxylation is 1. The second kappa shape index (κ2) is 5.02. The predicted octanol–water partition coefficient (Wildman–Crippen LogP) is 2.88. The highest BCUT2D eigenvalue weighted by molar-refractivity contribution is 7.80. The average molecular weight is 321 g/mol. The first-order valence-electron chi connectivity index (χ1n) is 5.30. The Morgan fingerprint density at radius 2 is 2.05 bits per heavy atom. The molecule has 0 atom stereocenters. The van der Waals surface area contributed by atoms with Crippen LogP contribution in [-0.2, 0) is 6.18 Å². The minimum atomic E-state index is -4.57. The minimum Gasteiger partial charge on any atom is -0.389 e. The summed E-state index contributed by atoms with van der Waals surface area (Å²) in [6.45, 7) is 1.62. The van der Waals surface area contributed by atoms with Crippen molar-refractivity contribution in [3.8, 4) is 5.82 Å². The quantitative estimate of drug-likeness (QED) is 0.864. The van der Waals surface area contributed by atoms with Gasteiger partial charge in [-0.3, -0.25) is 0 Å². The topological polar surface area (TPSA) is 56.7 Å². The van der Waals surface area contributed by atoms with E-state index in [-0.39, 0.29) is 16.4 Å². The molecule has 0 spiro atoms. The van der Waals surface area contributed by atoms with E-state index in [1.807, 2.05) is 0 Å². The fourth-order valence-corrected chi connectivity index (χ4v) is 1.81. The highest BCUT2D eigenvalue weighted by Gasteiger charge is 2.33. The summed E-state index contributed by atoms with van der Waals surface area (Å²) in [5, 5.41) is 4.29. The number of halogens is 4. The first kappa shape index (κ1) is 14.7. The molecule has 2 aromatic heterocycles. The van der Waals surface area contributed by atoms with Crippen LogP contribution in [0.4, 0.5) is 13.2 Å². The standard InChI is InChI=1S/C11H8ClF3N4S/c1-5-7(12)4-19(18-5)10-6(9(16)20)2-3-8(17-10)11(13,14)15/h2-4H,1H3,(H2,16,20). The van der Waals surface area contributed by atoms with Gasteiger partial charge in [-0.1, -0.05) is 23.8 Å². The first-order chi connectivity index (χ1) is 9.20. The van der Waals surface area contributed by atoms with E-state index in [2.05, 4.69) is 10.1 Å². The lowest BCUT2D eigenvalue weighted by molar-refractivity contribution is -0.141. The number of nitrogens with two attached hydrogens (primary N) is 1. The zero-order valence-corrected chi connectivity index (χ0v) is 11.6. The van der Waals surface area contributed by atoms with Crippen LogP contribution in [0.3, 0.4) is 0 Å². The van der Waals surface area contributed by atoms with Crippen molar-refractivity contribution in [2.45, 2.75) is 13.1 Å². The number of hydrogen-bond donors (Lipinski definition) is 1. The Kier molecular flexibility index (Phi) is 3.70. The van der Waals surface area contributed by atoms with E-state index in [0.717, 1.165) is 10.7 Å². The summed E-state index contributed by atoms with van der Waals surface area (Å²) in [5.74, 6) is -0.109. The van der Waals surface area contributed by atoms with Gasteiger partial charge in [0.2, 0.25) is 0 Å². The van der Waals surface area contributed by atoms with Crippen molar-refractivity contribution in [1.82, 2.24) is 14.8 Å². The number of nitrogens with zero attached hydrogens (tertiary/aromatic N) is 3. The third kappa shape index (κ3) is 2.75. The van der Waals surface area contributed by atoms with Gasteiger partial charge in [0.05, 0.1) is 22.5 Å². The summed E-state index contributed by atoms with van der Waals surface area (Å²) in [4.78, 5) is 3.46. The molecule has 106 valence electrons. The van der Waals surface area contributed by atoms with Gasteiger partial charge < -0.3 is 5.73 Å². The Morgan fingerprint density at radius 3 is 2.50 bits per heavy atom. The maximum atomic E-state index is 12.7. The zero-order valence-electron chi connectivity index (χ0n) is 10.1. The maximum absolute atomic E-state index is 12.7. The van der Waals surface area contributed by atoms with Crippen molar-refractivity contribution in [2.75, 3.05) is 0 Å². The van der Waals surface area contributed by atoms with Crippen LogP contribution in [-0.4, -0.2) is 19.8 Å². The Balaban J connectivity index is 2.67. The Morgan fingerprint density at radius 1 is 1.40 bits per heavy atom. The van der Waals surface area contributed by atoms with Crippen molar-refractivity contribution in [1.29, 1.82) is 0 Å². The smallest absolute Gasteiger partial charge is 0.389 e. The number of rotatable bonds is 2. The van der Waals surface area contributed by atoms with Gasteiger partial charge in [-0.2, -0.15) is 18.3 Å². The van der Waals surface area contributed by atoms with Gasteiger partial charge in [0.25, 0.3) is 0 Å². The van der Waals surface area contributed by atoms with Crippen molar-refractivity contribution < 1.29 is 13.2 Å². The predicted molar refractivity (Wildman–Crippen MR) is 72.0 cm³/mol. The van der Waals surface area contributed by atoms with Gasteiger partial charge in [0.1, 0.15) is 10.7 Å². The van der Waals surface area contributed by atoms with Gasteiger partial charge in [0, 0.05) is 0 Å². The summed E-state index contributed by atoms with van der Waals surface area (Å²) >= 11 is 10.7. The molecule has 2 aromatic rings. The molecule has 2 N–H and O–H groups in total. The van der Waals surface area contributed by atoms with Gasteiger partial charge in [-0.15, -0.1) is 0 Å². The average Bonchev–Trinajstić information content (AvgIpc) is 2.67. The molecule has 2 heterocycles. The molecule has 2 rings (SSSR count). The van der Waals surface area contributed by atoms with Gasteiger partial charge in [-0.05, 0) is 19.1 Å². The Bertz CT molecular complexity index is 661. The molecule has 4 nitrogen and oxygen atoms in total. The molecule has 0 aliphatic heterocycles. The number of thiocarbonyl (C=S) groups is 1. The van der Waals surface area contributed by atoms with E-state index in [4.69, 9.17) is 29.6 Å². The second-order valence-electron chi connectivity index (χ2n) is 3.94. The summed E-state index contributed by atoms with van der Waals surface area (Å²) < 4.78 is 39.3. The molecule has 0 aromatic carbocycles. The van der Waals surface area contributed by atoms with Crippen LogP contribution in [0.25, 0.3) is 5.82 Å². The molecule has 0 bridgehead atoms. The molecule has 0 aliphatic rings. The van der Waals surface area contributed by atoms with Crippen LogP contribution in [0.2, 0.25) is 5.02 Å². The van der Waals surface area contributed by atoms with Crippen molar-refractivity contribution in [3.63, 3.8) is 0 Å². The van der Waals surface area contributed by atoms with Crippen LogP contribution < -0.4 is 5.73 Å². The second-order valence-corrected chi connectivity index (χ2v) is 4.78. The molecule has 0 aliphatic carbocycles. The van der Waals surface area contributed by atoms with E-state index in [0.29, 0.717) is 10.7 Å². The number of alkyl halides is 3. The molecule has 0 radical (unpaired) electrons. The monoisotopic (exact) mass is 320 g/mol. The van der Waals surface area contributed by atoms with Gasteiger partial charge in [0.15, 0.2) is 5.82 Å². The lowest BCUT2D eigenvalue weighted by Crippen LogP contribution is -2.18. The van der Waals surface area contributed by atoms with Crippen molar-refractivity contribution in [2.24, 2.45) is 5.73 Å². The van der Waals surface area contributed by atoms with E-state index in [1.54, 1.807) is 6.92 Å². The number of aromatic nitrogens is 3. The molecule has 9 heteroatoms. The Hall–Kier alpha value is -1.67. The third-order valence-electron chi connectivity index (χ3n) is 2.49. The largest absolute Gasteiger partial charge is 0.433 e. The maximum Gasteiger partial charge on any atom is 0.433 e. The Labute approximate surface area is 122 Å². The first-order valence-corrected chi connectivity index (χ1v) is 6.09. The molecular formula is C11H8ClF3N4S. The van der Waals surface area contributed by atoms with Crippen molar-refractivity contribution in [3.05, 3.63) is 40.3 Å². The van der Waals surface area contributed by atoms with E-state index >= 15 is 0 Å². The van der Waals surface area contributed by atoms with E-state index < -0.39 is 11.9 Å². The van der Waals surface area contributed by atoms with Crippen LogP contribution in [0, 0.1) is 6.92 Å². The fraction of sp³-hybridized carbons (Fsp3) is 0.182. The van der Waals surface area contributed by atoms with Crippen LogP contribution in [0.1, 0.15) is 17.0 Å². The molecule has 20 heavy (non-hydrogen) atoms. The van der Waals surface area contributed by atoms with Crippen LogP contribution >= 0.6 is 23.8 Å². The highest BCUT2D eigenvalue weighted by atomic mass is 35.5. The third-order valence-corrected chi connectivity index (χ3v) is 3.08. The van der Waals surface area contributed by atoms with Gasteiger partial charge >= 0.3 is 6.18 Å². The zero-order chi connectivity index (χ0) is 15.1. The molecule has 0 amide bonds.